The Balaban J connectivity index is 1.69. The predicted molar refractivity (Wildman–Crippen MR) is 139 cm³/mol. The van der Waals surface area contributed by atoms with Gasteiger partial charge >= 0.3 is 0 Å². The van der Waals surface area contributed by atoms with E-state index in [0.717, 1.165) is 22.3 Å². The van der Waals surface area contributed by atoms with E-state index in [-0.39, 0.29) is 17.1 Å². The van der Waals surface area contributed by atoms with Crippen molar-refractivity contribution in [3.8, 4) is 11.5 Å². The van der Waals surface area contributed by atoms with Crippen molar-refractivity contribution < 1.29 is 18.7 Å². The largest absolute Gasteiger partial charge is 0.493 e. The maximum Gasteiger partial charge on any atom is 0.291 e. The lowest BCUT2D eigenvalue weighted by atomic mass is 9.97. The molecule has 182 valence electrons. The summed E-state index contributed by atoms with van der Waals surface area (Å²) in [6, 6.07) is 18.2. The normalized spacial score (nSPS) is 14.7. The minimum absolute atomic E-state index is 0.0828. The standard InChI is InChI=1S/C30H27NO5/c1-5-14-35-24-13-11-21(16-25(24)34-4)27-26-28(32)22-15-19(3)8-12-23(22)36-29(26)30(33)31(27)17-20-9-6-18(2)7-10-20/h5-13,15-16,27H,1,14,17H2,2-4H3. The van der Waals surface area contributed by atoms with Gasteiger partial charge in [-0.25, -0.2) is 0 Å². The van der Waals surface area contributed by atoms with Crippen molar-refractivity contribution in [2.45, 2.75) is 26.4 Å². The second-order valence-corrected chi connectivity index (χ2v) is 9.00. The van der Waals surface area contributed by atoms with Gasteiger partial charge in [0, 0.05) is 6.54 Å². The smallest absolute Gasteiger partial charge is 0.291 e. The van der Waals surface area contributed by atoms with Crippen molar-refractivity contribution in [1.82, 2.24) is 4.90 Å². The van der Waals surface area contributed by atoms with Crippen LogP contribution >= 0.6 is 0 Å². The number of nitrogens with zero attached hydrogens (tertiary/aromatic N) is 1. The summed E-state index contributed by atoms with van der Waals surface area (Å²) < 4.78 is 17.4. The molecule has 1 aliphatic rings. The van der Waals surface area contributed by atoms with Gasteiger partial charge in [0.1, 0.15) is 12.2 Å². The van der Waals surface area contributed by atoms with Crippen LogP contribution in [0.25, 0.3) is 11.0 Å². The van der Waals surface area contributed by atoms with Crippen LogP contribution in [0, 0.1) is 13.8 Å². The van der Waals surface area contributed by atoms with E-state index < -0.39 is 6.04 Å². The minimum Gasteiger partial charge on any atom is -0.493 e. The average Bonchev–Trinajstić information content (AvgIpc) is 3.16. The molecule has 0 radical (unpaired) electrons. The first kappa shape index (κ1) is 23.4. The quantitative estimate of drug-likeness (QED) is 0.316. The molecule has 6 heteroatoms. The highest BCUT2D eigenvalue weighted by Gasteiger charge is 2.43. The molecular weight excluding hydrogens is 454 g/mol. The minimum atomic E-state index is -0.641. The highest BCUT2D eigenvalue weighted by Crippen LogP contribution is 2.41. The molecule has 0 bridgehead atoms. The van der Waals surface area contributed by atoms with Gasteiger partial charge in [-0.2, -0.15) is 0 Å². The third-order valence-corrected chi connectivity index (χ3v) is 6.45. The van der Waals surface area contributed by atoms with E-state index in [4.69, 9.17) is 13.9 Å². The number of rotatable bonds is 7. The van der Waals surface area contributed by atoms with Crippen LogP contribution in [0.3, 0.4) is 0 Å². The summed E-state index contributed by atoms with van der Waals surface area (Å²) in [6.07, 6.45) is 1.65. The summed E-state index contributed by atoms with van der Waals surface area (Å²) in [5, 5.41) is 0.460. The molecular formula is C30H27NO5. The van der Waals surface area contributed by atoms with E-state index in [2.05, 4.69) is 6.58 Å². The molecule has 5 rings (SSSR count). The van der Waals surface area contributed by atoms with E-state index in [9.17, 15) is 9.59 Å². The second-order valence-electron chi connectivity index (χ2n) is 9.00. The lowest BCUT2D eigenvalue weighted by Crippen LogP contribution is -2.29. The molecule has 1 unspecified atom stereocenters. The lowest BCUT2D eigenvalue weighted by Gasteiger charge is -2.26. The molecule has 1 atom stereocenters. The number of hydrogen-bond donors (Lipinski definition) is 0. The SMILES string of the molecule is C=CCOc1ccc(C2c3c(oc4ccc(C)cc4c3=O)C(=O)N2Cc2ccc(C)cc2)cc1OC. The zero-order chi connectivity index (χ0) is 25.4. The Kier molecular flexibility index (Phi) is 6.10. The van der Waals surface area contributed by atoms with Gasteiger partial charge in [-0.3, -0.25) is 9.59 Å². The maximum atomic E-state index is 13.8. The van der Waals surface area contributed by atoms with Crippen LogP contribution in [0.15, 0.2) is 82.5 Å². The van der Waals surface area contributed by atoms with Gasteiger partial charge in [-0.15, -0.1) is 0 Å². The van der Waals surface area contributed by atoms with Crippen molar-refractivity contribution in [3.63, 3.8) is 0 Å². The molecule has 3 aromatic carbocycles. The molecule has 0 N–H and O–H groups in total. The van der Waals surface area contributed by atoms with Crippen LogP contribution in [0.2, 0.25) is 0 Å². The molecule has 4 aromatic rings. The van der Waals surface area contributed by atoms with Crippen LogP contribution in [-0.4, -0.2) is 24.5 Å². The number of amides is 1. The molecule has 0 saturated heterocycles. The molecule has 2 heterocycles. The van der Waals surface area contributed by atoms with Crippen molar-refractivity contribution in [3.05, 3.63) is 117 Å². The molecule has 1 aliphatic heterocycles. The van der Waals surface area contributed by atoms with E-state index in [1.54, 1.807) is 36.3 Å². The molecule has 0 aliphatic carbocycles. The zero-order valence-corrected chi connectivity index (χ0v) is 20.5. The van der Waals surface area contributed by atoms with Crippen molar-refractivity contribution in [1.29, 1.82) is 0 Å². The molecule has 0 fully saturated rings. The number of methoxy groups -OCH3 is 1. The van der Waals surface area contributed by atoms with Crippen LogP contribution < -0.4 is 14.9 Å². The van der Waals surface area contributed by atoms with Crippen molar-refractivity contribution >= 4 is 16.9 Å². The van der Waals surface area contributed by atoms with Gasteiger partial charge in [-0.05, 0) is 49.2 Å². The highest BCUT2D eigenvalue weighted by atomic mass is 16.5. The number of hydrogen-bond acceptors (Lipinski definition) is 5. The van der Waals surface area contributed by atoms with Gasteiger partial charge in [-0.1, -0.05) is 60.2 Å². The molecule has 0 spiro atoms. The summed E-state index contributed by atoms with van der Waals surface area (Å²) in [4.78, 5) is 29.2. The molecule has 1 aromatic heterocycles. The van der Waals surface area contributed by atoms with Crippen LogP contribution in [0.1, 0.15) is 44.4 Å². The Bertz CT molecular complexity index is 1530. The molecule has 0 saturated carbocycles. The van der Waals surface area contributed by atoms with Crippen molar-refractivity contribution in [2.24, 2.45) is 0 Å². The zero-order valence-electron chi connectivity index (χ0n) is 20.5. The third-order valence-electron chi connectivity index (χ3n) is 6.45. The number of ether oxygens (including phenoxy) is 2. The van der Waals surface area contributed by atoms with E-state index in [0.29, 0.717) is 41.2 Å². The van der Waals surface area contributed by atoms with Crippen LogP contribution in [0.4, 0.5) is 0 Å². The monoisotopic (exact) mass is 481 g/mol. The highest BCUT2D eigenvalue weighted by molar-refractivity contribution is 5.99. The maximum absolute atomic E-state index is 13.8. The lowest BCUT2D eigenvalue weighted by molar-refractivity contribution is 0.0714. The summed E-state index contributed by atoms with van der Waals surface area (Å²) in [6.45, 7) is 8.27. The number of benzene rings is 3. The molecule has 36 heavy (non-hydrogen) atoms. The van der Waals surface area contributed by atoms with Gasteiger partial charge in [0.2, 0.25) is 5.76 Å². The summed E-state index contributed by atoms with van der Waals surface area (Å²) in [7, 11) is 1.56. The fourth-order valence-corrected chi connectivity index (χ4v) is 4.66. The van der Waals surface area contributed by atoms with Crippen LogP contribution in [0.5, 0.6) is 11.5 Å². The van der Waals surface area contributed by atoms with Gasteiger partial charge in [0.15, 0.2) is 16.9 Å². The Morgan fingerprint density at radius 2 is 1.72 bits per heavy atom. The van der Waals surface area contributed by atoms with Gasteiger partial charge in [0.05, 0.1) is 24.1 Å². The summed E-state index contributed by atoms with van der Waals surface area (Å²) in [5.74, 6) is 0.823. The van der Waals surface area contributed by atoms with E-state index >= 15 is 0 Å². The number of fused-ring (bicyclic) bond motifs is 2. The Labute approximate surface area is 209 Å². The Morgan fingerprint density at radius 1 is 0.972 bits per heavy atom. The molecule has 1 amide bonds. The third kappa shape index (κ3) is 4.05. The number of carbonyl (C=O) groups is 1. The first-order valence-electron chi connectivity index (χ1n) is 11.8. The fourth-order valence-electron chi connectivity index (χ4n) is 4.66. The second kappa shape index (κ2) is 9.38. The number of aryl methyl sites for hydroxylation is 2. The predicted octanol–water partition coefficient (Wildman–Crippen LogP) is 5.73. The van der Waals surface area contributed by atoms with E-state index in [1.807, 2.05) is 56.3 Å². The summed E-state index contributed by atoms with van der Waals surface area (Å²) >= 11 is 0. The Hall–Kier alpha value is -4.32. The van der Waals surface area contributed by atoms with Gasteiger partial charge in [0.25, 0.3) is 5.91 Å². The first-order valence-corrected chi connectivity index (χ1v) is 11.8. The fraction of sp³-hybridized carbons (Fsp3) is 0.200. The van der Waals surface area contributed by atoms with Crippen LogP contribution in [-0.2, 0) is 6.54 Å². The first-order chi connectivity index (χ1) is 17.4. The van der Waals surface area contributed by atoms with E-state index in [1.165, 1.54) is 0 Å². The molecule has 6 nitrogen and oxygen atoms in total. The number of carbonyl (C=O) groups excluding carboxylic acids is 1. The van der Waals surface area contributed by atoms with Crippen molar-refractivity contribution in [2.75, 3.05) is 13.7 Å². The Morgan fingerprint density at radius 3 is 2.44 bits per heavy atom. The average molecular weight is 482 g/mol. The topological polar surface area (TPSA) is 69.0 Å². The van der Waals surface area contributed by atoms with Gasteiger partial charge < -0.3 is 18.8 Å². The summed E-state index contributed by atoms with van der Waals surface area (Å²) in [5.41, 5.74) is 4.30.